The first kappa shape index (κ1) is 19.4. The van der Waals surface area contributed by atoms with Gasteiger partial charge in [-0.1, -0.05) is 20.3 Å². The highest BCUT2D eigenvalue weighted by Crippen LogP contribution is 2.37. The molecule has 144 valence electrons. The SMILES string of the molecule is CC(C)COc1ccc(C(=O)Nc2sc3c(c2C(N)=O)CCCCC3)cc1. The molecule has 1 aliphatic carbocycles. The zero-order valence-corrected chi connectivity index (χ0v) is 16.7. The fourth-order valence-electron chi connectivity index (χ4n) is 3.23. The minimum absolute atomic E-state index is 0.246. The minimum Gasteiger partial charge on any atom is -0.493 e. The van der Waals surface area contributed by atoms with Crippen molar-refractivity contribution in [3.8, 4) is 5.75 Å². The van der Waals surface area contributed by atoms with Crippen molar-refractivity contribution in [2.24, 2.45) is 11.7 Å². The first-order valence-corrected chi connectivity index (χ1v) is 10.3. The van der Waals surface area contributed by atoms with Crippen molar-refractivity contribution in [2.45, 2.75) is 46.0 Å². The average molecular weight is 387 g/mol. The lowest BCUT2D eigenvalue weighted by atomic mass is 10.1. The van der Waals surface area contributed by atoms with Gasteiger partial charge in [-0.3, -0.25) is 9.59 Å². The van der Waals surface area contributed by atoms with E-state index in [1.54, 1.807) is 24.3 Å². The third kappa shape index (κ3) is 4.69. The zero-order valence-electron chi connectivity index (χ0n) is 15.8. The summed E-state index contributed by atoms with van der Waals surface area (Å²) < 4.78 is 5.65. The fraction of sp³-hybridized carbons (Fsp3) is 0.429. The molecule has 6 heteroatoms. The highest BCUT2D eigenvalue weighted by atomic mass is 32.1. The van der Waals surface area contributed by atoms with Gasteiger partial charge in [0.1, 0.15) is 10.8 Å². The summed E-state index contributed by atoms with van der Waals surface area (Å²) in [6.45, 7) is 4.80. The summed E-state index contributed by atoms with van der Waals surface area (Å²) in [6.07, 6.45) is 5.11. The number of anilines is 1. The molecule has 3 N–H and O–H groups in total. The molecule has 0 bridgehead atoms. The van der Waals surface area contributed by atoms with Gasteiger partial charge in [0.15, 0.2) is 0 Å². The van der Waals surface area contributed by atoms with Crippen LogP contribution < -0.4 is 15.8 Å². The lowest BCUT2D eigenvalue weighted by Gasteiger charge is -2.09. The van der Waals surface area contributed by atoms with Gasteiger partial charge in [-0.2, -0.15) is 0 Å². The van der Waals surface area contributed by atoms with Gasteiger partial charge >= 0.3 is 0 Å². The largest absolute Gasteiger partial charge is 0.493 e. The van der Waals surface area contributed by atoms with Crippen molar-refractivity contribution in [3.63, 3.8) is 0 Å². The number of hydrogen-bond acceptors (Lipinski definition) is 4. The number of thiophene rings is 1. The molecule has 1 aliphatic rings. The summed E-state index contributed by atoms with van der Waals surface area (Å²) in [5.41, 5.74) is 7.66. The Balaban J connectivity index is 1.77. The summed E-state index contributed by atoms with van der Waals surface area (Å²) in [5, 5.41) is 3.46. The number of primary amides is 1. The Hall–Kier alpha value is -2.34. The van der Waals surface area contributed by atoms with Crippen molar-refractivity contribution in [1.29, 1.82) is 0 Å². The van der Waals surface area contributed by atoms with Gasteiger partial charge in [-0.25, -0.2) is 0 Å². The Kier molecular flexibility index (Phi) is 6.16. The van der Waals surface area contributed by atoms with Crippen LogP contribution in [0.25, 0.3) is 0 Å². The molecule has 0 atom stereocenters. The third-order valence-corrected chi connectivity index (χ3v) is 5.80. The van der Waals surface area contributed by atoms with Crippen LogP contribution in [0.3, 0.4) is 0 Å². The summed E-state index contributed by atoms with van der Waals surface area (Å²) >= 11 is 1.48. The number of hydrogen-bond donors (Lipinski definition) is 2. The standard InChI is InChI=1S/C21H26N2O3S/c1-13(2)12-26-15-10-8-14(9-11-15)20(25)23-21-18(19(22)24)16-6-4-3-5-7-17(16)27-21/h8-11,13H,3-7,12H2,1-2H3,(H2,22,24)(H,23,25). The van der Waals surface area contributed by atoms with Crippen LogP contribution in [-0.4, -0.2) is 18.4 Å². The molecule has 0 fully saturated rings. The number of carbonyl (C=O) groups excluding carboxylic acids is 2. The predicted molar refractivity (Wildman–Crippen MR) is 109 cm³/mol. The number of amides is 2. The molecule has 1 aromatic heterocycles. The van der Waals surface area contributed by atoms with Crippen LogP contribution in [0.2, 0.25) is 0 Å². The number of fused-ring (bicyclic) bond motifs is 1. The van der Waals surface area contributed by atoms with E-state index in [-0.39, 0.29) is 5.91 Å². The molecule has 2 aromatic rings. The third-order valence-electron chi connectivity index (χ3n) is 4.59. The van der Waals surface area contributed by atoms with Crippen molar-refractivity contribution in [2.75, 3.05) is 11.9 Å². The topological polar surface area (TPSA) is 81.4 Å². The second kappa shape index (κ2) is 8.57. The molecular weight excluding hydrogens is 360 g/mol. The second-order valence-corrected chi connectivity index (χ2v) is 8.42. The van der Waals surface area contributed by atoms with E-state index >= 15 is 0 Å². The smallest absolute Gasteiger partial charge is 0.256 e. The van der Waals surface area contributed by atoms with Gasteiger partial charge in [-0.05, 0) is 61.4 Å². The minimum atomic E-state index is -0.470. The summed E-state index contributed by atoms with van der Waals surface area (Å²) in [7, 11) is 0. The van der Waals surface area contributed by atoms with Crippen LogP contribution in [0.4, 0.5) is 5.00 Å². The van der Waals surface area contributed by atoms with E-state index in [9.17, 15) is 9.59 Å². The number of nitrogens with two attached hydrogens (primary N) is 1. The van der Waals surface area contributed by atoms with E-state index in [4.69, 9.17) is 10.5 Å². The van der Waals surface area contributed by atoms with E-state index in [1.807, 2.05) is 0 Å². The molecule has 0 saturated heterocycles. The molecule has 5 nitrogen and oxygen atoms in total. The van der Waals surface area contributed by atoms with E-state index in [2.05, 4.69) is 19.2 Å². The maximum absolute atomic E-state index is 12.6. The van der Waals surface area contributed by atoms with Crippen LogP contribution in [0.15, 0.2) is 24.3 Å². The van der Waals surface area contributed by atoms with Gasteiger partial charge in [-0.15, -0.1) is 11.3 Å². The molecule has 3 rings (SSSR count). The number of aryl methyl sites for hydroxylation is 1. The lowest BCUT2D eigenvalue weighted by molar-refractivity contribution is 0.100. The second-order valence-electron chi connectivity index (χ2n) is 7.32. The fourth-order valence-corrected chi connectivity index (χ4v) is 4.52. The molecule has 0 radical (unpaired) electrons. The number of nitrogens with one attached hydrogen (secondary N) is 1. The Labute approximate surface area is 163 Å². The van der Waals surface area contributed by atoms with Gasteiger partial charge in [0.05, 0.1) is 12.2 Å². The summed E-state index contributed by atoms with van der Waals surface area (Å²) in [4.78, 5) is 25.8. The molecule has 1 heterocycles. The molecule has 27 heavy (non-hydrogen) atoms. The van der Waals surface area contributed by atoms with E-state index in [0.29, 0.717) is 28.7 Å². The summed E-state index contributed by atoms with van der Waals surface area (Å²) in [5.74, 6) is 0.460. The molecular formula is C21H26N2O3S. The zero-order chi connectivity index (χ0) is 19.4. The number of carbonyl (C=O) groups is 2. The predicted octanol–water partition coefficient (Wildman–Crippen LogP) is 4.40. The highest BCUT2D eigenvalue weighted by Gasteiger charge is 2.24. The van der Waals surface area contributed by atoms with Gasteiger partial charge in [0.2, 0.25) is 0 Å². The quantitative estimate of drug-likeness (QED) is 0.722. The van der Waals surface area contributed by atoms with Crippen LogP contribution in [0, 0.1) is 5.92 Å². The maximum atomic E-state index is 12.6. The first-order chi connectivity index (χ1) is 13.0. The van der Waals surface area contributed by atoms with Crippen LogP contribution in [0.1, 0.15) is 64.3 Å². The van der Waals surface area contributed by atoms with Crippen LogP contribution in [0.5, 0.6) is 5.75 Å². The van der Waals surface area contributed by atoms with E-state index in [1.165, 1.54) is 16.2 Å². The van der Waals surface area contributed by atoms with Crippen molar-refractivity contribution < 1.29 is 14.3 Å². The molecule has 1 aromatic carbocycles. The summed E-state index contributed by atoms with van der Waals surface area (Å²) in [6, 6.07) is 7.03. The molecule has 0 unspecified atom stereocenters. The number of ether oxygens (including phenoxy) is 1. The van der Waals surface area contributed by atoms with Crippen molar-refractivity contribution in [3.05, 3.63) is 45.8 Å². The van der Waals surface area contributed by atoms with Crippen molar-refractivity contribution >= 4 is 28.2 Å². The Morgan fingerprint density at radius 2 is 1.85 bits per heavy atom. The Bertz CT molecular complexity index is 825. The number of benzene rings is 1. The molecule has 0 spiro atoms. The monoisotopic (exact) mass is 386 g/mol. The van der Waals surface area contributed by atoms with Gasteiger partial charge in [0.25, 0.3) is 11.8 Å². The molecule has 0 saturated carbocycles. The number of rotatable bonds is 6. The van der Waals surface area contributed by atoms with Gasteiger partial charge in [0, 0.05) is 10.4 Å². The van der Waals surface area contributed by atoms with Crippen LogP contribution in [-0.2, 0) is 12.8 Å². The van der Waals surface area contributed by atoms with Crippen molar-refractivity contribution in [1.82, 2.24) is 0 Å². The van der Waals surface area contributed by atoms with Crippen LogP contribution >= 0.6 is 11.3 Å². The van der Waals surface area contributed by atoms with E-state index < -0.39 is 5.91 Å². The Morgan fingerprint density at radius 1 is 1.15 bits per heavy atom. The molecule has 0 aliphatic heterocycles. The maximum Gasteiger partial charge on any atom is 0.256 e. The lowest BCUT2D eigenvalue weighted by Crippen LogP contribution is -2.18. The van der Waals surface area contributed by atoms with E-state index in [0.717, 1.165) is 43.4 Å². The first-order valence-electron chi connectivity index (χ1n) is 9.44. The van der Waals surface area contributed by atoms with Gasteiger partial charge < -0.3 is 15.8 Å². The molecule has 2 amide bonds. The Morgan fingerprint density at radius 3 is 2.52 bits per heavy atom. The average Bonchev–Trinajstić information content (AvgIpc) is 2.81. The highest BCUT2D eigenvalue weighted by molar-refractivity contribution is 7.17. The normalized spacial score (nSPS) is 13.7.